The molecule has 4 rings (SSSR count). The van der Waals surface area contributed by atoms with Gasteiger partial charge in [0.2, 0.25) is 5.91 Å². The van der Waals surface area contributed by atoms with Gasteiger partial charge in [0.1, 0.15) is 0 Å². The summed E-state index contributed by atoms with van der Waals surface area (Å²) in [4.78, 5) is 31.3. The smallest absolute Gasteiger partial charge is 0.237 e. The fraction of sp³-hybridized carbons (Fsp3) is 0.667. The fourth-order valence-electron chi connectivity index (χ4n) is 5.40. The lowest BCUT2D eigenvalue weighted by Gasteiger charge is -2.41. The molecule has 2 heterocycles. The van der Waals surface area contributed by atoms with E-state index >= 15 is 0 Å². The quantitative estimate of drug-likeness (QED) is 0.606. The summed E-state index contributed by atoms with van der Waals surface area (Å²) in [5, 5.41) is 0. The van der Waals surface area contributed by atoms with Gasteiger partial charge in [-0.05, 0) is 50.5 Å². The lowest BCUT2D eigenvalue weighted by atomic mass is 9.92. The second-order valence-corrected chi connectivity index (χ2v) is 11.7. The first-order valence-corrected chi connectivity index (χ1v) is 13.7. The van der Waals surface area contributed by atoms with E-state index < -0.39 is 9.84 Å². The van der Waals surface area contributed by atoms with Crippen molar-refractivity contribution in [1.82, 2.24) is 9.80 Å². The molecule has 1 atom stereocenters. The van der Waals surface area contributed by atoms with Gasteiger partial charge in [-0.3, -0.25) is 14.5 Å². The number of ketones is 1. The molecular formula is C24H35N3O4S. The van der Waals surface area contributed by atoms with Crippen molar-refractivity contribution in [2.24, 2.45) is 0 Å². The van der Waals surface area contributed by atoms with Crippen LogP contribution in [0.15, 0.2) is 24.3 Å². The van der Waals surface area contributed by atoms with Gasteiger partial charge in [-0.2, -0.15) is 0 Å². The number of piperazine rings is 1. The van der Waals surface area contributed by atoms with E-state index in [1.807, 2.05) is 29.2 Å². The highest BCUT2D eigenvalue weighted by molar-refractivity contribution is 7.91. The van der Waals surface area contributed by atoms with Gasteiger partial charge in [-0.1, -0.05) is 19.3 Å². The second-order valence-electron chi connectivity index (χ2n) is 9.52. The highest BCUT2D eigenvalue weighted by atomic mass is 32.2. The molecule has 0 radical (unpaired) electrons. The van der Waals surface area contributed by atoms with Gasteiger partial charge in [0.15, 0.2) is 15.6 Å². The summed E-state index contributed by atoms with van der Waals surface area (Å²) in [6, 6.07) is 7.75. The van der Waals surface area contributed by atoms with Crippen molar-refractivity contribution in [1.29, 1.82) is 0 Å². The van der Waals surface area contributed by atoms with E-state index in [4.69, 9.17) is 0 Å². The van der Waals surface area contributed by atoms with Crippen LogP contribution in [0.3, 0.4) is 0 Å². The molecule has 3 aliphatic rings. The highest BCUT2D eigenvalue weighted by Crippen LogP contribution is 2.29. The summed E-state index contributed by atoms with van der Waals surface area (Å²) < 4.78 is 24.2. The van der Waals surface area contributed by atoms with Gasteiger partial charge in [0.05, 0.1) is 18.1 Å². The summed E-state index contributed by atoms with van der Waals surface area (Å²) in [5.74, 6) is 0.491. The van der Waals surface area contributed by atoms with Crippen molar-refractivity contribution in [3.63, 3.8) is 0 Å². The van der Waals surface area contributed by atoms with Crippen LogP contribution in [-0.4, -0.2) is 86.2 Å². The number of carbonyl (C=O) groups excluding carboxylic acids is 2. The van der Waals surface area contributed by atoms with E-state index in [-0.39, 0.29) is 35.3 Å². The van der Waals surface area contributed by atoms with Crippen LogP contribution < -0.4 is 4.90 Å². The van der Waals surface area contributed by atoms with Crippen LogP contribution in [0.4, 0.5) is 5.69 Å². The molecule has 2 saturated heterocycles. The average molecular weight is 462 g/mol. The Morgan fingerprint density at radius 2 is 1.59 bits per heavy atom. The Labute approximate surface area is 191 Å². The van der Waals surface area contributed by atoms with Crippen LogP contribution in [0.1, 0.15) is 55.8 Å². The minimum Gasteiger partial charge on any atom is -0.369 e. The van der Waals surface area contributed by atoms with Crippen LogP contribution in [0.2, 0.25) is 0 Å². The minimum atomic E-state index is -3.03. The molecule has 176 valence electrons. The van der Waals surface area contributed by atoms with Crippen molar-refractivity contribution in [2.45, 2.75) is 57.5 Å². The van der Waals surface area contributed by atoms with Gasteiger partial charge in [0, 0.05) is 49.5 Å². The number of hydrogen-bond donors (Lipinski definition) is 0. The first kappa shape index (κ1) is 23.2. The average Bonchev–Trinajstić information content (AvgIpc) is 3.14. The summed E-state index contributed by atoms with van der Waals surface area (Å²) in [7, 11) is -3.03. The Kier molecular flexibility index (Phi) is 7.20. The van der Waals surface area contributed by atoms with Gasteiger partial charge < -0.3 is 9.80 Å². The topological polar surface area (TPSA) is 78.0 Å². The fourth-order valence-corrected chi connectivity index (χ4v) is 7.11. The molecule has 1 aliphatic carbocycles. The SMILES string of the molecule is CC(=O)c1ccc(N2CCN(CC(=O)N(C3CCCCC3)[C@@H]3CCS(=O)(=O)C3)CC2)cc1. The molecule has 1 aromatic rings. The molecule has 0 unspecified atom stereocenters. The van der Waals surface area contributed by atoms with Crippen LogP contribution in [-0.2, 0) is 14.6 Å². The molecule has 7 nitrogen and oxygen atoms in total. The number of amides is 1. The summed E-state index contributed by atoms with van der Waals surface area (Å²) >= 11 is 0. The van der Waals surface area contributed by atoms with E-state index in [9.17, 15) is 18.0 Å². The largest absolute Gasteiger partial charge is 0.369 e. The van der Waals surface area contributed by atoms with E-state index in [2.05, 4.69) is 9.80 Å². The van der Waals surface area contributed by atoms with E-state index in [0.717, 1.165) is 63.1 Å². The van der Waals surface area contributed by atoms with Crippen LogP contribution >= 0.6 is 0 Å². The molecular weight excluding hydrogens is 426 g/mol. The zero-order chi connectivity index (χ0) is 22.7. The van der Waals surface area contributed by atoms with Crippen molar-refractivity contribution >= 4 is 27.2 Å². The molecule has 1 aromatic carbocycles. The molecule has 0 bridgehead atoms. The van der Waals surface area contributed by atoms with Crippen molar-refractivity contribution in [2.75, 3.05) is 49.1 Å². The maximum absolute atomic E-state index is 13.4. The molecule has 2 aliphatic heterocycles. The van der Waals surface area contributed by atoms with Gasteiger partial charge in [-0.15, -0.1) is 0 Å². The van der Waals surface area contributed by atoms with Gasteiger partial charge in [0.25, 0.3) is 0 Å². The van der Waals surface area contributed by atoms with Crippen molar-refractivity contribution < 1.29 is 18.0 Å². The third-order valence-electron chi connectivity index (χ3n) is 7.23. The molecule has 32 heavy (non-hydrogen) atoms. The molecule has 3 fully saturated rings. The Hall–Kier alpha value is -1.93. The number of sulfone groups is 1. The number of Topliss-reactive ketones (excluding diaryl/α,β-unsaturated/α-hetero) is 1. The number of benzene rings is 1. The molecule has 0 aromatic heterocycles. The number of rotatable bonds is 6. The summed E-state index contributed by atoms with van der Waals surface area (Å²) in [6.07, 6.45) is 6.01. The van der Waals surface area contributed by atoms with E-state index in [1.165, 1.54) is 6.42 Å². The van der Waals surface area contributed by atoms with Gasteiger partial charge in [-0.25, -0.2) is 8.42 Å². The number of hydrogen-bond acceptors (Lipinski definition) is 6. The van der Waals surface area contributed by atoms with E-state index in [0.29, 0.717) is 13.0 Å². The molecule has 0 spiro atoms. The third kappa shape index (κ3) is 5.52. The van der Waals surface area contributed by atoms with Crippen LogP contribution in [0, 0.1) is 0 Å². The summed E-state index contributed by atoms with van der Waals surface area (Å²) in [5.41, 5.74) is 1.82. The van der Waals surface area contributed by atoms with Crippen LogP contribution in [0.5, 0.6) is 0 Å². The predicted molar refractivity (Wildman–Crippen MR) is 126 cm³/mol. The monoisotopic (exact) mass is 461 g/mol. The van der Waals surface area contributed by atoms with Crippen LogP contribution in [0.25, 0.3) is 0 Å². The second kappa shape index (κ2) is 9.91. The molecule has 0 N–H and O–H groups in total. The number of carbonyl (C=O) groups is 2. The Morgan fingerprint density at radius 3 is 2.16 bits per heavy atom. The number of nitrogens with zero attached hydrogens (tertiary/aromatic N) is 3. The molecule has 1 saturated carbocycles. The number of anilines is 1. The standard InChI is InChI=1S/C24H35N3O4S/c1-19(28)20-7-9-21(10-8-20)26-14-12-25(13-15-26)17-24(29)27(22-5-3-2-4-6-22)23-11-16-32(30,31)18-23/h7-10,22-23H,2-6,11-18H2,1H3/t23-/m1/s1. The Balaban J connectivity index is 1.36. The van der Waals surface area contributed by atoms with Crippen molar-refractivity contribution in [3.8, 4) is 0 Å². The van der Waals surface area contributed by atoms with Crippen molar-refractivity contribution in [3.05, 3.63) is 29.8 Å². The molecule has 1 amide bonds. The maximum Gasteiger partial charge on any atom is 0.237 e. The summed E-state index contributed by atoms with van der Waals surface area (Å²) in [6.45, 7) is 5.18. The Bertz CT molecular complexity index is 917. The third-order valence-corrected chi connectivity index (χ3v) is 8.98. The normalized spacial score (nSPS) is 24.4. The minimum absolute atomic E-state index is 0.0671. The van der Waals surface area contributed by atoms with Gasteiger partial charge >= 0.3 is 0 Å². The Morgan fingerprint density at radius 1 is 0.938 bits per heavy atom. The maximum atomic E-state index is 13.4. The predicted octanol–water partition coefficient (Wildman–Crippen LogP) is 2.36. The highest BCUT2D eigenvalue weighted by Gasteiger charge is 2.39. The zero-order valence-corrected chi connectivity index (χ0v) is 19.9. The first-order valence-electron chi connectivity index (χ1n) is 11.9. The lowest BCUT2D eigenvalue weighted by molar-refractivity contribution is -0.137. The van der Waals surface area contributed by atoms with E-state index in [1.54, 1.807) is 6.92 Å². The lowest BCUT2D eigenvalue weighted by Crippen LogP contribution is -2.54. The first-order chi connectivity index (χ1) is 15.3. The zero-order valence-electron chi connectivity index (χ0n) is 19.0. The molecule has 8 heteroatoms.